The molecule has 3 N–H and O–H groups in total. The van der Waals surface area contributed by atoms with E-state index in [9.17, 15) is 5.26 Å². The van der Waals surface area contributed by atoms with Crippen molar-refractivity contribution in [3.63, 3.8) is 0 Å². The highest BCUT2D eigenvalue weighted by molar-refractivity contribution is 7.16. The fourth-order valence-corrected chi connectivity index (χ4v) is 8.81. The number of nitrogens with two attached hydrogens (primary N) is 1. The number of fused-ring (bicyclic) bond motifs is 4. The van der Waals surface area contributed by atoms with Gasteiger partial charge in [-0.25, -0.2) is 10.4 Å². The van der Waals surface area contributed by atoms with Crippen LogP contribution in [0.1, 0.15) is 78.0 Å². The van der Waals surface area contributed by atoms with E-state index in [-0.39, 0.29) is 29.7 Å². The summed E-state index contributed by atoms with van der Waals surface area (Å²) in [5.41, 5.74) is 13.8. The summed E-state index contributed by atoms with van der Waals surface area (Å²) in [6.45, 7) is 2.96. The summed E-state index contributed by atoms with van der Waals surface area (Å²) in [5, 5.41) is 17.3. The second-order valence-corrected chi connectivity index (χ2v) is 13.5. The molecule has 2 aliphatic carbocycles. The number of nitrogen functional groups attached to an aromatic ring is 1. The minimum atomic E-state index is -0.378. The van der Waals surface area contributed by atoms with Crippen LogP contribution in [0, 0.1) is 11.3 Å². The molecule has 7 rings (SSSR count). The molecule has 0 radical (unpaired) electrons. The number of anilines is 1. The maximum absolute atomic E-state index is 10.1. The van der Waals surface area contributed by atoms with Gasteiger partial charge in [0, 0.05) is 54.9 Å². The molecule has 12 heteroatoms. The molecule has 5 atom stereocenters. The Kier molecular flexibility index (Phi) is 7.16. The van der Waals surface area contributed by atoms with Gasteiger partial charge in [0.25, 0.3) is 0 Å². The molecule has 3 aromatic heterocycles. The fourth-order valence-electron chi connectivity index (χ4n) is 7.65. The highest BCUT2D eigenvalue weighted by atomic mass is 32.1. The van der Waals surface area contributed by atoms with E-state index in [1.54, 1.807) is 18.4 Å². The van der Waals surface area contributed by atoms with Gasteiger partial charge in [-0.05, 0) is 70.6 Å². The molecule has 2 aliphatic heterocycles. The number of thiophene rings is 1. The predicted octanol–water partition coefficient (Wildman–Crippen LogP) is 4.10. The maximum Gasteiger partial charge on any atom is 0.217 e. The first-order valence-electron chi connectivity index (χ1n) is 15.1. The van der Waals surface area contributed by atoms with Crippen LogP contribution in [0.4, 0.5) is 5.00 Å². The molecule has 5 heterocycles. The molecule has 1 spiro atoms. The van der Waals surface area contributed by atoms with Crippen molar-refractivity contribution in [2.75, 3.05) is 33.5 Å². The molecule has 0 amide bonds. The Morgan fingerprint density at radius 1 is 1.26 bits per heavy atom. The minimum Gasteiger partial charge on any atom is -0.473 e. The Morgan fingerprint density at radius 3 is 2.79 bits per heavy atom. The van der Waals surface area contributed by atoms with Gasteiger partial charge in [-0.2, -0.15) is 10.2 Å². The van der Waals surface area contributed by atoms with Gasteiger partial charge in [-0.1, -0.05) is 5.16 Å². The lowest BCUT2D eigenvalue weighted by Gasteiger charge is -2.39. The highest BCUT2D eigenvalue weighted by Gasteiger charge is 2.48. The summed E-state index contributed by atoms with van der Waals surface area (Å²) >= 11 is 1.55. The normalized spacial score (nSPS) is 27.3. The number of hydrogen-bond acceptors (Lipinski definition) is 12. The van der Waals surface area contributed by atoms with Crippen molar-refractivity contribution in [1.29, 1.82) is 5.26 Å². The number of hydrogen-bond donors (Lipinski definition) is 2. The lowest BCUT2D eigenvalue weighted by Crippen LogP contribution is -2.38. The lowest BCUT2D eigenvalue weighted by molar-refractivity contribution is 0.108. The monoisotopic (exact) mass is 602 g/mol. The van der Waals surface area contributed by atoms with Gasteiger partial charge in [-0.15, -0.1) is 11.3 Å². The fraction of sp³-hybridized carbons (Fsp3) is 0.548. The van der Waals surface area contributed by atoms with Crippen LogP contribution in [0.2, 0.25) is 0 Å². The topological polar surface area (TPSA) is 139 Å². The zero-order chi connectivity index (χ0) is 29.9. The first-order chi connectivity index (χ1) is 20.8. The van der Waals surface area contributed by atoms with Gasteiger partial charge in [-0.3, -0.25) is 4.90 Å². The summed E-state index contributed by atoms with van der Waals surface area (Å²) in [6.07, 6.45) is 10.6. The number of nitrogens with zero attached hydrogens (tertiary/aromatic N) is 6. The molecule has 0 saturated carbocycles. The van der Waals surface area contributed by atoms with Crippen molar-refractivity contribution < 1.29 is 14.0 Å². The van der Waals surface area contributed by atoms with Crippen molar-refractivity contribution in [2.24, 2.45) is 0 Å². The molecule has 11 nitrogen and oxygen atoms in total. The number of aromatic nitrogens is 3. The van der Waals surface area contributed by atoms with Gasteiger partial charge < -0.3 is 24.7 Å². The first-order valence-corrected chi connectivity index (χ1v) is 15.9. The van der Waals surface area contributed by atoms with E-state index in [0.29, 0.717) is 28.0 Å². The number of aryl methyl sites for hydroxylation is 1. The van der Waals surface area contributed by atoms with Gasteiger partial charge >= 0.3 is 0 Å². The van der Waals surface area contributed by atoms with Crippen molar-refractivity contribution in [3.8, 4) is 23.5 Å². The summed E-state index contributed by atoms with van der Waals surface area (Å²) in [7, 11) is 5.83. The molecule has 226 valence electrons. The van der Waals surface area contributed by atoms with E-state index >= 15 is 0 Å². The van der Waals surface area contributed by atoms with E-state index in [2.05, 4.69) is 36.4 Å². The van der Waals surface area contributed by atoms with Gasteiger partial charge in [0.05, 0.1) is 29.1 Å². The molecule has 1 saturated heterocycles. The highest BCUT2D eigenvalue weighted by Crippen LogP contribution is 2.54. The third kappa shape index (κ3) is 4.70. The van der Waals surface area contributed by atoms with Crippen LogP contribution < -0.4 is 15.9 Å². The van der Waals surface area contributed by atoms with Crippen molar-refractivity contribution in [2.45, 2.75) is 81.6 Å². The smallest absolute Gasteiger partial charge is 0.217 e. The average Bonchev–Trinajstić information content (AvgIpc) is 3.78. The van der Waals surface area contributed by atoms with Gasteiger partial charge in [0.1, 0.15) is 17.2 Å². The summed E-state index contributed by atoms with van der Waals surface area (Å²) in [6, 6.07) is 4.39. The number of nitrogens with one attached hydrogen (secondary N) is 1. The Bertz CT molecular complexity index is 1610. The summed E-state index contributed by atoms with van der Waals surface area (Å²) < 4.78 is 18.3. The Hall–Kier alpha value is -3.50. The second kappa shape index (κ2) is 10.9. The molecule has 1 fully saturated rings. The molecule has 0 aromatic carbocycles. The van der Waals surface area contributed by atoms with Gasteiger partial charge in [0.2, 0.25) is 17.5 Å². The Balaban J connectivity index is 1.29. The summed E-state index contributed by atoms with van der Waals surface area (Å²) in [5.74, 6) is 1.54. The Labute approximate surface area is 255 Å². The number of nitriles is 1. The van der Waals surface area contributed by atoms with Crippen LogP contribution in [0.3, 0.4) is 0 Å². The van der Waals surface area contributed by atoms with E-state index in [0.717, 1.165) is 74.0 Å². The van der Waals surface area contributed by atoms with Crippen molar-refractivity contribution in [3.05, 3.63) is 51.3 Å². The number of ether oxygens (including phenoxy) is 2. The number of hydrazine groups is 1. The molecule has 1 unspecified atom stereocenters. The third-order valence-electron chi connectivity index (χ3n) is 9.71. The standard InChI is InChI=1S/C31H38N8O3S/c1-17(23-13-18(40-4)16-38(23)2)41-25-14-22(21-9-12-39(3)36-21)34-30(35-25)27-19-7-5-10-31(28(19)37-42-27)11-6-8-24-26(31)20(15-32)29(33)43-24/h9,12,14,17-18,21,23,36H,5-8,10-11,13,16,33H2,1-4H3/t17-,18+,21?,23-,31-/m0/s1. The van der Waals surface area contributed by atoms with E-state index in [1.165, 1.54) is 4.88 Å². The van der Waals surface area contributed by atoms with Crippen molar-refractivity contribution >= 4 is 16.3 Å². The van der Waals surface area contributed by atoms with Crippen LogP contribution in [-0.4, -0.2) is 71.0 Å². The second-order valence-electron chi connectivity index (χ2n) is 12.3. The van der Waals surface area contributed by atoms with E-state index in [1.807, 2.05) is 24.3 Å². The molecule has 3 aromatic rings. The van der Waals surface area contributed by atoms with Crippen LogP contribution in [-0.2, 0) is 23.0 Å². The minimum absolute atomic E-state index is 0.114. The van der Waals surface area contributed by atoms with Gasteiger partial charge in [0.15, 0.2) is 0 Å². The summed E-state index contributed by atoms with van der Waals surface area (Å²) in [4.78, 5) is 13.4. The zero-order valence-corrected chi connectivity index (χ0v) is 25.9. The van der Waals surface area contributed by atoms with Crippen LogP contribution in [0.25, 0.3) is 11.6 Å². The quantitative estimate of drug-likeness (QED) is 0.422. The maximum atomic E-state index is 10.1. The van der Waals surface area contributed by atoms with E-state index < -0.39 is 0 Å². The van der Waals surface area contributed by atoms with Crippen LogP contribution in [0.15, 0.2) is 22.9 Å². The first kappa shape index (κ1) is 28.3. The Morgan fingerprint density at radius 2 is 2.07 bits per heavy atom. The largest absolute Gasteiger partial charge is 0.473 e. The molecular formula is C31H38N8O3S. The predicted molar refractivity (Wildman–Crippen MR) is 162 cm³/mol. The number of likely N-dealkylation sites (tertiary alicyclic amines) is 1. The van der Waals surface area contributed by atoms with Crippen LogP contribution >= 0.6 is 11.3 Å². The zero-order valence-electron chi connectivity index (χ0n) is 25.1. The molecule has 43 heavy (non-hydrogen) atoms. The van der Waals surface area contributed by atoms with Crippen LogP contribution in [0.5, 0.6) is 5.88 Å². The number of likely N-dealkylation sites (N-methyl/N-ethyl adjacent to an activating group) is 1. The number of rotatable bonds is 6. The van der Waals surface area contributed by atoms with Crippen molar-refractivity contribution in [1.82, 2.24) is 30.5 Å². The SMILES string of the molecule is CO[C@@H]1C[C@@H]([C@H](C)Oc2cc(C3C=CN(C)N3)nc(-c3onc4c3CCC[C@@]43CCCc4sc(N)c(C#N)c43)n2)N(C)C1. The average molecular weight is 603 g/mol. The molecule has 0 bridgehead atoms. The third-order valence-corrected chi connectivity index (χ3v) is 10.8. The van der Waals surface area contributed by atoms with E-state index in [4.69, 9.17) is 34.9 Å². The molecule has 4 aliphatic rings. The molecular weight excluding hydrogens is 564 g/mol. The number of methoxy groups -OCH3 is 1. The lowest BCUT2D eigenvalue weighted by atomic mass is 9.62.